The first-order valence-corrected chi connectivity index (χ1v) is 22.1. The Morgan fingerprint density at radius 1 is 0.608 bits per heavy atom. The molecule has 8 nitrogen and oxygen atoms in total. The lowest BCUT2D eigenvalue weighted by atomic mass is 10.1. The number of ether oxygens (including phenoxy) is 2. The molecule has 51 heavy (non-hydrogen) atoms. The minimum Gasteiger partial charge on any atom is -0.457 e. The second-order valence-electron chi connectivity index (χ2n) is 13.5. The molecular formula is C42H78NO7P. The van der Waals surface area contributed by atoms with Gasteiger partial charge in [-0.15, -0.1) is 0 Å². The maximum atomic E-state index is 12.5. The molecule has 0 heterocycles. The molecule has 0 saturated carbocycles. The molecule has 0 fully saturated rings. The van der Waals surface area contributed by atoms with Gasteiger partial charge in [0.15, 0.2) is 0 Å². The van der Waals surface area contributed by atoms with Gasteiger partial charge in [-0.1, -0.05) is 146 Å². The van der Waals surface area contributed by atoms with Gasteiger partial charge in [0.2, 0.25) is 0 Å². The number of unbranched alkanes of at least 4 members (excludes halogenated alkanes) is 18. The summed E-state index contributed by atoms with van der Waals surface area (Å²) in [6.07, 6.45) is 45.5. The van der Waals surface area contributed by atoms with Crippen molar-refractivity contribution >= 4 is 13.8 Å². The molecule has 0 aliphatic heterocycles. The van der Waals surface area contributed by atoms with Crippen molar-refractivity contribution in [2.24, 2.45) is 5.73 Å². The fourth-order valence-electron chi connectivity index (χ4n) is 5.48. The van der Waals surface area contributed by atoms with Gasteiger partial charge < -0.3 is 20.1 Å². The molecule has 0 aromatic rings. The van der Waals surface area contributed by atoms with Gasteiger partial charge in [-0.3, -0.25) is 13.8 Å². The Kier molecular flexibility index (Phi) is 38.5. The minimum atomic E-state index is -4.28. The quantitative estimate of drug-likeness (QED) is 0.0277. The Hall–Kier alpha value is -1.54. The first-order chi connectivity index (χ1) is 24.9. The first kappa shape index (κ1) is 49.5. The molecule has 9 heteroatoms. The summed E-state index contributed by atoms with van der Waals surface area (Å²) in [7, 11) is -4.28. The van der Waals surface area contributed by atoms with Crippen LogP contribution in [0.15, 0.2) is 48.6 Å². The highest BCUT2D eigenvalue weighted by Crippen LogP contribution is 2.43. The van der Waals surface area contributed by atoms with E-state index in [0.29, 0.717) is 13.0 Å². The molecule has 2 unspecified atom stereocenters. The van der Waals surface area contributed by atoms with Crippen molar-refractivity contribution in [3.05, 3.63) is 48.6 Å². The van der Waals surface area contributed by atoms with Gasteiger partial charge >= 0.3 is 13.8 Å². The number of rotatable bonds is 39. The molecule has 0 aliphatic carbocycles. The van der Waals surface area contributed by atoms with Gasteiger partial charge in [0, 0.05) is 19.6 Å². The van der Waals surface area contributed by atoms with Gasteiger partial charge in [0.05, 0.1) is 19.8 Å². The molecule has 0 spiro atoms. The summed E-state index contributed by atoms with van der Waals surface area (Å²) in [4.78, 5) is 22.4. The Balaban J connectivity index is 4.07. The highest BCUT2D eigenvalue weighted by molar-refractivity contribution is 7.47. The molecule has 0 aromatic heterocycles. The normalized spacial score (nSPS) is 14.0. The Morgan fingerprint density at radius 3 is 1.67 bits per heavy atom. The average Bonchev–Trinajstić information content (AvgIpc) is 3.12. The molecule has 0 bridgehead atoms. The van der Waals surface area contributed by atoms with Gasteiger partial charge in [0.1, 0.15) is 6.10 Å². The molecule has 2 atom stereocenters. The van der Waals surface area contributed by atoms with E-state index >= 15 is 0 Å². The Morgan fingerprint density at radius 2 is 1.10 bits per heavy atom. The number of carbonyl (C=O) groups is 1. The number of carbonyl (C=O) groups excluding carboxylic acids is 1. The number of esters is 1. The van der Waals surface area contributed by atoms with Crippen molar-refractivity contribution in [1.82, 2.24) is 0 Å². The van der Waals surface area contributed by atoms with Crippen LogP contribution < -0.4 is 5.73 Å². The van der Waals surface area contributed by atoms with Crippen LogP contribution in [0.25, 0.3) is 0 Å². The lowest BCUT2D eigenvalue weighted by Crippen LogP contribution is -2.28. The molecule has 298 valence electrons. The summed E-state index contributed by atoms with van der Waals surface area (Å²) in [5, 5.41) is 0. The second kappa shape index (κ2) is 39.7. The van der Waals surface area contributed by atoms with Crippen LogP contribution in [-0.4, -0.2) is 49.9 Å². The summed E-state index contributed by atoms with van der Waals surface area (Å²) in [5.41, 5.74) is 5.36. The zero-order chi connectivity index (χ0) is 37.4. The third-order valence-corrected chi connectivity index (χ3v) is 9.46. The average molecular weight is 740 g/mol. The highest BCUT2D eigenvalue weighted by Gasteiger charge is 2.25. The molecule has 0 aromatic carbocycles. The van der Waals surface area contributed by atoms with Gasteiger partial charge in [-0.25, -0.2) is 4.57 Å². The monoisotopic (exact) mass is 740 g/mol. The van der Waals surface area contributed by atoms with E-state index in [1.165, 1.54) is 83.5 Å². The van der Waals surface area contributed by atoms with Crippen LogP contribution in [0.5, 0.6) is 0 Å². The molecule has 0 radical (unpaired) electrons. The van der Waals surface area contributed by atoms with Crippen molar-refractivity contribution in [2.75, 3.05) is 33.0 Å². The number of nitrogens with two attached hydrogens (primary N) is 1. The lowest BCUT2D eigenvalue weighted by molar-refractivity contribution is -0.154. The highest BCUT2D eigenvalue weighted by atomic mass is 31.2. The SMILES string of the molecule is CC/C=C\C/C=C\C/C=C\CCCCCCCCCCOCC(COP(=O)(O)OCCN)OC(=O)CCCCCCC/C=C\CCCCCCC. The van der Waals surface area contributed by atoms with Crippen LogP contribution in [-0.2, 0) is 27.9 Å². The van der Waals surface area contributed by atoms with Crippen LogP contribution in [0.1, 0.15) is 174 Å². The van der Waals surface area contributed by atoms with Crippen LogP contribution in [0.3, 0.4) is 0 Å². The molecular weight excluding hydrogens is 661 g/mol. The van der Waals surface area contributed by atoms with E-state index in [2.05, 4.69) is 62.5 Å². The Labute approximate surface area is 313 Å². The van der Waals surface area contributed by atoms with Crippen LogP contribution in [0, 0.1) is 0 Å². The molecule has 0 amide bonds. The first-order valence-electron chi connectivity index (χ1n) is 20.6. The van der Waals surface area contributed by atoms with E-state index in [0.717, 1.165) is 70.6 Å². The fourth-order valence-corrected chi connectivity index (χ4v) is 6.24. The molecule has 3 N–H and O–H groups in total. The predicted molar refractivity (Wildman–Crippen MR) is 215 cm³/mol. The van der Waals surface area contributed by atoms with Crippen molar-refractivity contribution in [3.63, 3.8) is 0 Å². The van der Waals surface area contributed by atoms with Gasteiger partial charge in [-0.05, 0) is 70.6 Å². The van der Waals surface area contributed by atoms with Crippen LogP contribution in [0.4, 0.5) is 0 Å². The number of allylic oxidation sites excluding steroid dienone is 8. The van der Waals surface area contributed by atoms with Crippen molar-refractivity contribution in [1.29, 1.82) is 0 Å². The van der Waals surface area contributed by atoms with E-state index < -0.39 is 13.9 Å². The van der Waals surface area contributed by atoms with E-state index in [4.69, 9.17) is 24.3 Å². The largest absolute Gasteiger partial charge is 0.472 e. The Bertz CT molecular complexity index is 921. The zero-order valence-corrected chi connectivity index (χ0v) is 33.7. The zero-order valence-electron chi connectivity index (χ0n) is 32.8. The number of hydrogen-bond donors (Lipinski definition) is 2. The summed E-state index contributed by atoms with van der Waals surface area (Å²) in [6, 6.07) is 0. The topological polar surface area (TPSA) is 117 Å². The van der Waals surface area contributed by atoms with Crippen LogP contribution >= 0.6 is 7.82 Å². The van der Waals surface area contributed by atoms with Crippen molar-refractivity contribution in [3.8, 4) is 0 Å². The summed E-state index contributed by atoms with van der Waals surface area (Å²) in [6.45, 7) is 4.77. The fraction of sp³-hybridized carbons (Fsp3) is 0.786. The molecule has 0 rings (SSSR count). The summed E-state index contributed by atoms with van der Waals surface area (Å²) < 4.78 is 33.4. The maximum absolute atomic E-state index is 12.5. The predicted octanol–water partition coefficient (Wildman–Crippen LogP) is 12.0. The lowest BCUT2D eigenvalue weighted by Gasteiger charge is -2.20. The van der Waals surface area contributed by atoms with E-state index in [1.54, 1.807) is 0 Å². The van der Waals surface area contributed by atoms with Crippen molar-refractivity contribution < 1.29 is 32.8 Å². The van der Waals surface area contributed by atoms with E-state index in [1.807, 2.05) is 0 Å². The van der Waals surface area contributed by atoms with Gasteiger partial charge in [-0.2, -0.15) is 0 Å². The summed E-state index contributed by atoms with van der Waals surface area (Å²) >= 11 is 0. The minimum absolute atomic E-state index is 0.0963. The molecule has 0 aliphatic rings. The van der Waals surface area contributed by atoms with Crippen LogP contribution in [0.2, 0.25) is 0 Å². The summed E-state index contributed by atoms with van der Waals surface area (Å²) in [5.74, 6) is -0.344. The number of phosphoric acid groups is 1. The molecule has 0 saturated heterocycles. The van der Waals surface area contributed by atoms with E-state index in [-0.39, 0.29) is 32.3 Å². The van der Waals surface area contributed by atoms with E-state index in [9.17, 15) is 14.3 Å². The number of phosphoric ester groups is 1. The number of hydrogen-bond acceptors (Lipinski definition) is 7. The van der Waals surface area contributed by atoms with Crippen molar-refractivity contribution in [2.45, 2.75) is 180 Å². The third kappa shape index (κ3) is 39.5. The smallest absolute Gasteiger partial charge is 0.457 e. The van der Waals surface area contributed by atoms with Gasteiger partial charge in [0.25, 0.3) is 0 Å². The third-order valence-electron chi connectivity index (χ3n) is 8.48. The maximum Gasteiger partial charge on any atom is 0.472 e. The second-order valence-corrected chi connectivity index (χ2v) is 14.9. The standard InChI is InChI=1S/C42H78NO7P/c1-3-5-7-9-11-13-15-17-19-20-21-22-24-26-28-30-32-34-37-47-39-41(40-49-51(45,46)48-38-36-43)50-42(44)35-33-31-29-27-25-23-18-16-14-12-10-8-6-4-2/h5,7,11,13,16-19,41H,3-4,6,8-10,12,14-15,20-40,43H2,1-2H3,(H,45,46)/b7-5-,13-11-,18-16-,19-17-.